The summed E-state index contributed by atoms with van der Waals surface area (Å²) in [4.78, 5) is 13.3. The van der Waals surface area contributed by atoms with E-state index >= 15 is 0 Å². The van der Waals surface area contributed by atoms with Gasteiger partial charge in [-0.05, 0) is 23.7 Å². The molecule has 1 heterocycles. The number of hydrogen-bond acceptors (Lipinski definition) is 6. The van der Waals surface area contributed by atoms with Gasteiger partial charge < -0.3 is 9.64 Å². The van der Waals surface area contributed by atoms with Gasteiger partial charge in [0, 0.05) is 14.1 Å². The van der Waals surface area contributed by atoms with Gasteiger partial charge in [-0.25, -0.2) is 4.39 Å². The van der Waals surface area contributed by atoms with Gasteiger partial charge in [-0.1, -0.05) is 6.07 Å². The summed E-state index contributed by atoms with van der Waals surface area (Å²) < 4.78 is 18.8. The third-order valence-corrected chi connectivity index (χ3v) is 2.43. The molecule has 20 heavy (non-hydrogen) atoms. The van der Waals surface area contributed by atoms with Crippen molar-refractivity contribution in [2.24, 2.45) is 0 Å². The third kappa shape index (κ3) is 2.92. The molecule has 0 aliphatic carbocycles. The Morgan fingerprint density at radius 2 is 2.05 bits per heavy atom. The topological polar surface area (TPSA) is 74.9 Å². The molecule has 1 aromatic heterocycles. The van der Waals surface area contributed by atoms with Gasteiger partial charge in [-0.3, -0.25) is 0 Å². The molecule has 0 aliphatic rings. The molecule has 8 heteroatoms. The fourth-order valence-corrected chi connectivity index (χ4v) is 1.51. The monoisotopic (exact) mass is 293 g/mol. The molecule has 6 nitrogen and oxygen atoms in total. The highest BCUT2D eigenvalue weighted by Gasteiger charge is 2.13. The van der Waals surface area contributed by atoms with Gasteiger partial charge in [0.05, 0.1) is 0 Å². The minimum Gasteiger partial charge on any atom is -0.423 e. The summed E-state index contributed by atoms with van der Waals surface area (Å²) in [5.41, 5.74) is -0.226. The van der Waals surface area contributed by atoms with Gasteiger partial charge in [-0.2, -0.15) is 20.2 Å². The second kappa shape index (κ2) is 5.67. The van der Waals surface area contributed by atoms with Crippen molar-refractivity contribution in [3.8, 4) is 17.8 Å². The molecule has 1 aromatic carbocycles. The molecule has 0 saturated heterocycles. The Hall–Kier alpha value is -2.46. The van der Waals surface area contributed by atoms with Crippen LogP contribution in [0.2, 0.25) is 5.28 Å². The van der Waals surface area contributed by atoms with E-state index < -0.39 is 5.82 Å². The first-order chi connectivity index (χ1) is 9.51. The van der Waals surface area contributed by atoms with Crippen molar-refractivity contribution in [1.82, 2.24) is 15.0 Å². The van der Waals surface area contributed by atoms with Crippen LogP contribution >= 0.6 is 11.6 Å². The van der Waals surface area contributed by atoms with Crippen LogP contribution in [0.4, 0.5) is 10.3 Å². The van der Waals surface area contributed by atoms with Crippen molar-refractivity contribution in [1.29, 1.82) is 5.26 Å². The normalized spacial score (nSPS) is 9.95. The standard InChI is InChI=1S/C12H9ClFN5O/c1-19(2)11-16-10(13)17-12(18-11)20-9-5-3-4-8(14)7(9)6-15/h3-5H,1-2H3. The molecule has 0 bridgehead atoms. The average Bonchev–Trinajstić information content (AvgIpc) is 2.38. The molecule has 0 unspecified atom stereocenters. The van der Waals surface area contributed by atoms with Crippen molar-refractivity contribution in [2.75, 3.05) is 19.0 Å². The molecule has 2 aromatic rings. The van der Waals surface area contributed by atoms with Crippen LogP contribution in [0.5, 0.6) is 11.8 Å². The minimum absolute atomic E-state index is 0.0134. The van der Waals surface area contributed by atoms with Crippen LogP contribution in [0, 0.1) is 17.1 Å². The number of aromatic nitrogens is 3. The van der Waals surface area contributed by atoms with Crippen LogP contribution < -0.4 is 9.64 Å². The number of anilines is 1. The largest absolute Gasteiger partial charge is 0.423 e. The smallest absolute Gasteiger partial charge is 0.328 e. The van der Waals surface area contributed by atoms with Crippen molar-refractivity contribution in [2.45, 2.75) is 0 Å². The Morgan fingerprint density at radius 1 is 1.30 bits per heavy atom. The zero-order valence-electron chi connectivity index (χ0n) is 10.6. The maximum absolute atomic E-state index is 13.5. The maximum atomic E-state index is 13.5. The SMILES string of the molecule is CN(C)c1nc(Cl)nc(Oc2cccc(F)c2C#N)n1. The summed E-state index contributed by atoms with van der Waals surface area (Å²) >= 11 is 5.76. The van der Waals surface area contributed by atoms with Crippen molar-refractivity contribution in [3.63, 3.8) is 0 Å². The fraction of sp³-hybridized carbons (Fsp3) is 0.167. The zero-order chi connectivity index (χ0) is 14.7. The van der Waals surface area contributed by atoms with E-state index in [1.807, 2.05) is 0 Å². The summed E-state index contributed by atoms with van der Waals surface area (Å²) in [5, 5.41) is 8.86. The number of halogens is 2. The first kappa shape index (κ1) is 14.0. The predicted octanol–water partition coefficient (Wildman–Crippen LogP) is 2.39. The van der Waals surface area contributed by atoms with Crippen LogP contribution in [0.1, 0.15) is 5.56 Å². The van der Waals surface area contributed by atoms with Gasteiger partial charge in [0.25, 0.3) is 0 Å². The molecule has 0 saturated carbocycles. The van der Waals surface area contributed by atoms with Crippen LogP contribution in [-0.4, -0.2) is 29.0 Å². The highest BCUT2D eigenvalue weighted by molar-refractivity contribution is 6.28. The molecule has 0 radical (unpaired) electrons. The minimum atomic E-state index is -0.682. The van der Waals surface area contributed by atoms with E-state index in [0.717, 1.165) is 6.07 Å². The Bertz CT molecular complexity index is 686. The summed E-state index contributed by atoms with van der Waals surface area (Å²) in [6.45, 7) is 0. The second-order valence-corrected chi connectivity index (χ2v) is 4.25. The van der Waals surface area contributed by atoms with E-state index in [1.54, 1.807) is 25.1 Å². The van der Waals surface area contributed by atoms with Crippen LogP contribution in [0.15, 0.2) is 18.2 Å². The lowest BCUT2D eigenvalue weighted by Crippen LogP contribution is -2.13. The Kier molecular flexibility index (Phi) is 3.96. The number of ether oxygens (including phenoxy) is 1. The van der Waals surface area contributed by atoms with Crippen molar-refractivity contribution < 1.29 is 9.13 Å². The molecule has 0 spiro atoms. The first-order valence-electron chi connectivity index (χ1n) is 5.46. The van der Waals surface area contributed by atoms with Crippen molar-refractivity contribution >= 4 is 17.5 Å². The van der Waals surface area contributed by atoms with E-state index in [4.69, 9.17) is 21.6 Å². The van der Waals surface area contributed by atoms with Crippen LogP contribution in [-0.2, 0) is 0 Å². The number of rotatable bonds is 3. The van der Waals surface area contributed by atoms with E-state index in [-0.39, 0.29) is 28.6 Å². The quantitative estimate of drug-likeness (QED) is 0.865. The highest BCUT2D eigenvalue weighted by Crippen LogP contribution is 2.25. The van der Waals surface area contributed by atoms with Crippen LogP contribution in [0.3, 0.4) is 0 Å². The molecule has 0 aliphatic heterocycles. The fourth-order valence-electron chi connectivity index (χ4n) is 1.36. The Morgan fingerprint density at radius 3 is 2.70 bits per heavy atom. The van der Waals surface area contributed by atoms with Gasteiger partial charge in [0.1, 0.15) is 17.4 Å². The maximum Gasteiger partial charge on any atom is 0.328 e. The molecule has 0 amide bonds. The second-order valence-electron chi connectivity index (χ2n) is 3.91. The number of hydrogen-bond donors (Lipinski definition) is 0. The van der Waals surface area contributed by atoms with E-state index in [1.165, 1.54) is 12.1 Å². The van der Waals surface area contributed by atoms with Gasteiger partial charge in [0.15, 0.2) is 5.75 Å². The summed E-state index contributed by atoms with van der Waals surface area (Å²) in [7, 11) is 3.44. The summed E-state index contributed by atoms with van der Waals surface area (Å²) in [6, 6.07) is 5.63. The molecule has 0 N–H and O–H groups in total. The molecule has 0 atom stereocenters. The van der Waals surface area contributed by atoms with E-state index in [9.17, 15) is 4.39 Å². The Labute approximate surface area is 119 Å². The number of benzene rings is 1. The molecular formula is C12H9ClFN5O. The van der Waals surface area contributed by atoms with Gasteiger partial charge in [0.2, 0.25) is 11.2 Å². The molecule has 0 fully saturated rings. The van der Waals surface area contributed by atoms with E-state index in [0.29, 0.717) is 0 Å². The van der Waals surface area contributed by atoms with Gasteiger partial charge in [-0.15, -0.1) is 0 Å². The highest BCUT2D eigenvalue weighted by atomic mass is 35.5. The van der Waals surface area contributed by atoms with E-state index in [2.05, 4.69) is 15.0 Å². The molecule has 2 rings (SSSR count). The van der Waals surface area contributed by atoms with Gasteiger partial charge >= 0.3 is 6.01 Å². The lowest BCUT2D eigenvalue weighted by Gasteiger charge is -2.11. The summed E-state index contributed by atoms with van der Waals surface area (Å²) in [6.07, 6.45) is 0. The summed E-state index contributed by atoms with van der Waals surface area (Å²) in [5.74, 6) is -0.382. The zero-order valence-corrected chi connectivity index (χ0v) is 11.4. The molecule has 102 valence electrons. The molecular weight excluding hydrogens is 285 g/mol. The lowest BCUT2D eigenvalue weighted by molar-refractivity contribution is 0.434. The predicted molar refractivity (Wildman–Crippen MR) is 70.4 cm³/mol. The van der Waals surface area contributed by atoms with Crippen molar-refractivity contribution in [3.05, 3.63) is 34.9 Å². The average molecular weight is 294 g/mol. The number of nitriles is 1. The third-order valence-electron chi connectivity index (χ3n) is 2.26. The number of nitrogens with zero attached hydrogens (tertiary/aromatic N) is 5. The Balaban J connectivity index is 2.41. The van der Waals surface area contributed by atoms with Crippen LogP contribution in [0.25, 0.3) is 0 Å². The lowest BCUT2D eigenvalue weighted by atomic mass is 10.2. The first-order valence-corrected chi connectivity index (χ1v) is 5.84.